The van der Waals surface area contributed by atoms with Gasteiger partial charge in [-0.05, 0) is 45.2 Å². The molecule has 0 saturated carbocycles. The lowest BCUT2D eigenvalue weighted by atomic mass is 10.0. The molecule has 30 heavy (non-hydrogen) atoms. The van der Waals surface area contributed by atoms with Gasteiger partial charge in [0, 0.05) is 6.42 Å². The molecule has 2 aromatic carbocycles. The highest BCUT2D eigenvalue weighted by atomic mass is 16.6. The lowest BCUT2D eigenvalue weighted by molar-refractivity contribution is -0.128. The number of ether oxygens (including phenoxy) is 1. The van der Waals surface area contributed by atoms with Crippen molar-refractivity contribution in [3.63, 3.8) is 0 Å². The summed E-state index contributed by atoms with van der Waals surface area (Å²) in [7, 11) is 0. The van der Waals surface area contributed by atoms with E-state index in [4.69, 9.17) is 4.74 Å². The molecule has 160 valence electrons. The number of Topliss-reactive ketones (excluding diaryl/α,β-unsaturated/α-hetero) is 1. The van der Waals surface area contributed by atoms with Crippen molar-refractivity contribution in [1.82, 2.24) is 10.6 Å². The minimum atomic E-state index is -0.875. The van der Waals surface area contributed by atoms with Gasteiger partial charge in [-0.25, -0.2) is 4.79 Å². The molecule has 0 radical (unpaired) electrons. The molecule has 0 aliphatic heterocycles. The molecule has 6 nitrogen and oxygen atoms in total. The van der Waals surface area contributed by atoms with E-state index in [0.717, 1.165) is 11.1 Å². The van der Waals surface area contributed by atoms with Crippen molar-refractivity contribution in [3.8, 4) is 0 Å². The van der Waals surface area contributed by atoms with Crippen LogP contribution >= 0.6 is 0 Å². The van der Waals surface area contributed by atoms with Crippen molar-refractivity contribution in [2.24, 2.45) is 0 Å². The van der Waals surface area contributed by atoms with Crippen LogP contribution in [0.4, 0.5) is 4.79 Å². The number of nitrogens with one attached hydrogen (secondary N) is 2. The summed E-state index contributed by atoms with van der Waals surface area (Å²) in [5.41, 5.74) is 1.14. The molecule has 0 spiro atoms. The first-order valence-electron chi connectivity index (χ1n) is 10.0. The normalized spacial score (nSPS) is 13.1. The Labute approximate surface area is 178 Å². The van der Waals surface area contributed by atoms with Crippen LogP contribution in [0.5, 0.6) is 0 Å². The van der Waals surface area contributed by atoms with E-state index < -0.39 is 29.7 Å². The van der Waals surface area contributed by atoms with Crippen molar-refractivity contribution in [3.05, 3.63) is 71.8 Å². The minimum Gasteiger partial charge on any atom is -0.444 e. The van der Waals surface area contributed by atoms with Gasteiger partial charge in [0.2, 0.25) is 5.91 Å². The maximum atomic E-state index is 13.0. The summed E-state index contributed by atoms with van der Waals surface area (Å²) in [5, 5.41) is 5.44. The average Bonchev–Trinajstić information content (AvgIpc) is 2.67. The van der Waals surface area contributed by atoms with Crippen LogP contribution < -0.4 is 10.6 Å². The number of amides is 2. The highest BCUT2D eigenvalue weighted by Gasteiger charge is 2.27. The van der Waals surface area contributed by atoms with Crippen LogP contribution in [0.15, 0.2) is 60.7 Å². The number of benzene rings is 2. The molecule has 0 aromatic heterocycles. The summed E-state index contributed by atoms with van der Waals surface area (Å²) >= 11 is 0. The molecule has 0 bridgehead atoms. The lowest BCUT2D eigenvalue weighted by Crippen LogP contribution is -2.53. The molecule has 0 aliphatic carbocycles. The topological polar surface area (TPSA) is 84.5 Å². The molecule has 2 aromatic rings. The zero-order valence-electron chi connectivity index (χ0n) is 18.0. The smallest absolute Gasteiger partial charge is 0.408 e. The van der Waals surface area contributed by atoms with Gasteiger partial charge >= 0.3 is 6.09 Å². The quantitative estimate of drug-likeness (QED) is 0.698. The highest BCUT2D eigenvalue weighted by Crippen LogP contribution is 2.10. The predicted molar refractivity (Wildman–Crippen MR) is 116 cm³/mol. The number of carbonyl (C=O) groups is 3. The molecule has 0 saturated heterocycles. The van der Waals surface area contributed by atoms with Crippen molar-refractivity contribution in [1.29, 1.82) is 0 Å². The maximum Gasteiger partial charge on any atom is 0.408 e. The first-order chi connectivity index (χ1) is 14.1. The number of carbonyl (C=O) groups excluding carboxylic acids is 3. The van der Waals surface area contributed by atoms with Gasteiger partial charge in [-0.1, -0.05) is 60.7 Å². The summed E-state index contributed by atoms with van der Waals surface area (Å²) in [6.07, 6.45) is -0.0186. The Balaban J connectivity index is 2.14. The minimum absolute atomic E-state index is 0.150. The van der Waals surface area contributed by atoms with Crippen LogP contribution in [0.2, 0.25) is 0 Å². The molecule has 0 fully saturated rings. The second-order valence-corrected chi connectivity index (χ2v) is 8.25. The van der Waals surface area contributed by atoms with E-state index in [1.54, 1.807) is 20.8 Å². The Morgan fingerprint density at radius 2 is 1.27 bits per heavy atom. The van der Waals surface area contributed by atoms with Gasteiger partial charge in [0.15, 0.2) is 5.78 Å². The Kier molecular flexibility index (Phi) is 8.16. The van der Waals surface area contributed by atoms with E-state index in [0.29, 0.717) is 6.42 Å². The molecule has 2 amide bonds. The number of hydrogen-bond donors (Lipinski definition) is 2. The molecule has 0 aliphatic rings. The van der Waals surface area contributed by atoms with Gasteiger partial charge in [-0.3, -0.25) is 9.59 Å². The van der Waals surface area contributed by atoms with Crippen LogP contribution in [0.25, 0.3) is 0 Å². The van der Waals surface area contributed by atoms with Crippen LogP contribution in [0.3, 0.4) is 0 Å². The number of rotatable bonds is 8. The molecule has 0 unspecified atom stereocenters. The molecule has 0 heterocycles. The van der Waals surface area contributed by atoms with Crippen molar-refractivity contribution >= 4 is 17.8 Å². The maximum absolute atomic E-state index is 13.0. The van der Waals surface area contributed by atoms with Gasteiger partial charge in [0.25, 0.3) is 0 Å². The van der Waals surface area contributed by atoms with E-state index >= 15 is 0 Å². The first-order valence-corrected chi connectivity index (χ1v) is 10.0. The molecular formula is C24H30N2O4. The van der Waals surface area contributed by atoms with Crippen LogP contribution in [0, 0.1) is 0 Å². The van der Waals surface area contributed by atoms with Gasteiger partial charge in [0.1, 0.15) is 11.6 Å². The summed E-state index contributed by atoms with van der Waals surface area (Å²) < 4.78 is 5.31. The second kappa shape index (κ2) is 10.6. The fourth-order valence-electron chi connectivity index (χ4n) is 2.93. The third kappa shape index (κ3) is 8.07. The summed E-state index contributed by atoms with van der Waals surface area (Å²) in [5.74, 6) is -0.580. The van der Waals surface area contributed by atoms with Crippen LogP contribution in [-0.2, 0) is 27.2 Å². The van der Waals surface area contributed by atoms with Crippen LogP contribution in [-0.4, -0.2) is 35.5 Å². The fourth-order valence-corrected chi connectivity index (χ4v) is 2.93. The molecule has 6 heteroatoms. The number of alkyl carbamates (subject to hydrolysis) is 1. The Morgan fingerprint density at radius 3 is 1.70 bits per heavy atom. The van der Waals surface area contributed by atoms with Gasteiger partial charge in [-0.15, -0.1) is 0 Å². The van der Waals surface area contributed by atoms with E-state index in [-0.39, 0.29) is 12.2 Å². The van der Waals surface area contributed by atoms with Gasteiger partial charge in [0.05, 0.1) is 6.04 Å². The number of ketones is 1. The fraction of sp³-hybridized carbons (Fsp3) is 0.375. The molecule has 2 N–H and O–H groups in total. The van der Waals surface area contributed by atoms with Crippen molar-refractivity contribution in [2.75, 3.05) is 0 Å². The Bertz CT molecular complexity index is 845. The third-order valence-corrected chi connectivity index (χ3v) is 4.38. The average molecular weight is 411 g/mol. The highest BCUT2D eigenvalue weighted by molar-refractivity contribution is 5.91. The molecule has 2 rings (SSSR count). The SMILES string of the molecule is CC(=O)[C@H](Cc1ccccc1)NC(=O)[C@H](Cc1ccccc1)NC(=O)OC(C)(C)C. The molecule has 2 atom stereocenters. The predicted octanol–water partition coefficient (Wildman–Crippen LogP) is 3.44. The summed E-state index contributed by atoms with van der Waals surface area (Å²) in [6, 6.07) is 17.3. The summed E-state index contributed by atoms with van der Waals surface area (Å²) in [6.45, 7) is 6.71. The first kappa shape index (κ1) is 23.1. The second-order valence-electron chi connectivity index (χ2n) is 8.25. The zero-order chi connectivity index (χ0) is 22.1. The zero-order valence-corrected chi connectivity index (χ0v) is 18.0. The van der Waals surface area contributed by atoms with Crippen molar-refractivity contribution < 1.29 is 19.1 Å². The van der Waals surface area contributed by atoms with Crippen LogP contribution in [0.1, 0.15) is 38.8 Å². The number of hydrogen-bond acceptors (Lipinski definition) is 4. The van der Waals surface area contributed by atoms with Gasteiger partial charge < -0.3 is 15.4 Å². The Hall–Kier alpha value is -3.15. The van der Waals surface area contributed by atoms with E-state index in [1.165, 1.54) is 6.92 Å². The third-order valence-electron chi connectivity index (χ3n) is 4.38. The Morgan fingerprint density at radius 1 is 0.800 bits per heavy atom. The largest absolute Gasteiger partial charge is 0.444 e. The standard InChI is InChI=1S/C24H30N2O4/c1-17(27)20(15-18-11-7-5-8-12-18)25-22(28)21(16-19-13-9-6-10-14-19)26-23(29)30-24(2,3)4/h5-14,20-21H,15-16H2,1-4H3,(H,25,28)(H,26,29)/t20-,21-/m0/s1. The van der Waals surface area contributed by atoms with Gasteiger partial charge in [-0.2, -0.15) is 0 Å². The monoisotopic (exact) mass is 410 g/mol. The van der Waals surface area contributed by atoms with Crippen molar-refractivity contribution in [2.45, 2.75) is 58.2 Å². The summed E-state index contributed by atoms with van der Waals surface area (Å²) in [4.78, 5) is 37.5. The van der Waals surface area contributed by atoms with E-state index in [1.807, 2.05) is 60.7 Å². The molecular weight excluding hydrogens is 380 g/mol. The lowest BCUT2D eigenvalue weighted by Gasteiger charge is -2.25. The van der Waals surface area contributed by atoms with E-state index in [2.05, 4.69) is 10.6 Å². The van der Waals surface area contributed by atoms with E-state index in [9.17, 15) is 14.4 Å².